The average Bonchev–Trinajstić information content (AvgIpc) is 2.87. The number of hydrogen-bond acceptors (Lipinski definition) is 3. The van der Waals surface area contributed by atoms with Gasteiger partial charge in [0.1, 0.15) is 17.6 Å². The van der Waals surface area contributed by atoms with Gasteiger partial charge in [-0.2, -0.15) is 5.26 Å². The summed E-state index contributed by atoms with van der Waals surface area (Å²) in [5.74, 6) is 1.63. The number of nitrogens with one attached hydrogen (secondary N) is 1. The van der Waals surface area contributed by atoms with Crippen molar-refractivity contribution in [3.8, 4) is 11.8 Å². The van der Waals surface area contributed by atoms with Crippen LogP contribution in [0.2, 0.25) is 0 Å². The van der Waals surface area contributed by atoms with Crippen molar-refractivity contribution >= 4 is 11.5 Å². The van der Waals surface area contributed by atoms with Crippen molar-refractivity contribution in [3.63, 3.8) is 0 Å². The summed E-state index contributed by atoms with van der Waals surface area (Å²) in [4.78, 5) is 0. The van der Waals surface area contributed by atoms with Crippen molar-refractivity contribution in [1.29, 1.82) is 5.26 Å². The van der Waals surface area contributed by atoms with Gasteiger partial charge in [0.2, 0.25) is 0 Å². The molecule has 0 fully saturated rings. The van der Waals surface area contributed by atoms with Crippen molar-refractivity contribution in [2.24, 2.45) is 0 Å². The Morgan fingerprint density at radius 3 is 2.32 bits per heavy atom. The summed E-state index contributed by atoms with van der Waals surface area (Å²) in [6.45, 7) is 4.76. The van der Waals surface area contributed by atoms with Crippen molar-refractivity contribution in [2.45, 2.75) is 20.4 Å². The summed E-state index contributed by atoms with van der Waals surface area (Å²) in [5.41, 5.74) is 4.90. The van der Waals surface area contributed by atoms with Gasteiger partial charge in [0.05, 0.1) is 12.7 Å². The van der Waals surface area contributed by atoms with E-state index in [-0.39, 0.29) is 0 Å². The summed E-state index contributed by atoms with van der Waals surface area (Å²) in [6.07, 6.45) is 0. The molecule has 0 aliphatic rings. The number of anilines is 2. The minimum atomic E-state index is 0.684. The van der Waals surface area contributed by atoms with E-state index in [2.05, 4.69) is 35.0 Å². The molecule has 0 amide bonds. The summed E-state index contributed by atoms with van der Waals surface area (Å²) >= 11 is 0. The molecule has 0 unspecified atom stereocenters. The Labute approximate surface area is 148 Å². The number of ether oxygens (including phenoxy) is 1. The quantitative estimate of drug-likeness (QED) is 0.732. The Hall–Kier alpha value is -3.19. The maximum atomic E-state index is 9.64. The normalized spacial score (nSPS) is 10.3. The molecule has 1 N–H and O–H groups in total. The molecule has 4 heteroatoms. The minimum Gasteiger partial charge on any atom is -0.497 e. The highest BCUT2D eigenvalue weighted by Gasteiger charge is 2.18. The highest BCUT2D eigenvalue weighted by molar-refractivity contribution is 5.68. The lowest BCUT2D eigenvalue weighted by Gasteiger charge is -2.14. The molecule has 0 atom stereocenters. The summed E-state index contributed by atoms with van der Waals surface area (Å²) in [5, 5.41) is 13.1. The minimum absolute atomic E-state index is 0.684. The molecular formula is C21H21N3O. The van der Waals surface area contributed by atoms with E-state index in [1.54, 1.807) is 7.11 Å². The first kappa shape index (κ1) is 16.7. The van der Waals surface area contributed by atoms with Crippen LogP contribution in [-0.2, 0) is 6.54 Å². The monoisotopic (exact) mass is 331 g/mol. The zero-order chi connectivity index (χ0) is 17.8. The van der Waals surface area contributed by atoms with Gasteiger partial charge in [-0.1, -0.05) is 30.3 Å². The van der Waals surface area contributed by atoms with Gasteiger partial charge in [-0.15, -0.1) is 0 Å². The number of aromatic nitrogens is 1. The van der Waals surface area contributed by atoms with E-state index < -0.39 is 0 Å². The van der Waals surface area contributed by atoms with Gasteiger partial charge < -0.3 is 14.6 Å². The number of methoxy groups -OCH3 is 1. The van der Waals surface area contributed by atoms with Crippen LogP contribution in [0.1, 0.15) is 22.4 Å². The Kier molecular flexibility index (Phi) is 4.76. The average molecular weight is 331 g/mol. The molecule has 0 saturated carbocycles. The molecule has 1 heterocycles. The van der Waals surface area contributed by atoms with Crippen LogP contribution in [-0.4, -0.2) is 11.7 Å². The van der Waals surface area contributed by atoms with E-state index in [1.807, 2.05) is 49.4 Å². The van der Waals surface area contributed by atoms with E-state index in [0.717, 1.165) is 28.5 Å². The topological polar surface area (TPSA) is 50.0 Å². The van der Waals surface area contributed by atoms with Gasteiger partial charge >= 0.3 is 0 Å². The smallest absolute Gasteiger partial charge is 0.129 e. The van der Waals surface area contributed by atoms with E-state index in [4.69, 9.17) is 4.74 Å². The number of benzene rings is 2. The molecule has 0 bridgehead atoms. The first-order chi connectivity index (χ1) is 12.1. The summed E-state index contributed by atoms with van der Waals surface area (Å²) in [7, 11) is 1.65. The third kappa shape index (κ3) is 3.36. The van der Waals surface area contributed by atoms with E-state index in [0.29, 0.717) is 12.1 Å². The van der Waals surface area contributed by atoms with Crippen molar-refractivity contribution < 1.29 is 4.74 Å². The summed E-state index contributed by atoms with van der Waals surface area (Å²) in [6, 6.07) is 20.3. The van der Waals surface area contributed by atoms with Gasteiger partial charge in [-0.25, -0.2) is 0 Å². The molecule has 3 aromatic rings. The second-order valence-corrected chi connectivity index (χ2v) is 5.97. The predicted molar refractivity (Wildman–Crippen MR) is 100 cm³/mol. The fourth-order valence-electron chi connectivity index (χ4n) is 2.91. The van der Waals surface area contributed by atoms with Crippen LogP contribution in [0.3, 0.4) is 0 Å². The van der Waals surface area contributed by atoms with Crippen LogP contribution >= 0.6 is 0 Å². The van der Waals surface area contributed by atoms with Crippen molar-refractivity contribution in [3.05, 3.63) is 77.0 Å². The number of rotatable bonds is 5. The molecule has 126 valence electrons. The third-order valence-electron chi connectivity index (χ3n) is 4.48. The molecule has 1 aromatic heterocycles. The summed E-state index contributed by atoms with van der Waals surface area (Å²) < 4.78 is 7.37. The van der Waals surface area contributed by atoms with Crippen LogP contribution < -0.4 is 10.1 Å². The molecule has 0 radical (unpaired) electrons. The molecule has 4 nitrogen and oxygen atoms in total. The second kappa shape index (κ2) is 7.14. The number of hydrogen-bond donors (Lipinski definition) is 1. The molecular weight excluding hydrogens is 310 g/mol. The van der Waals surface area contributed by atoms with Crippen molar-refractivity contribution in [2.75, 3.05) is 12.4 Å². The number of nitrogens with zero attached hydrogens (tertiary/aromatic N) is 2. The zero-order valence-corrected chi connectivity index (χ0v) is 14.7. The Morgan fingerprint density at radius 2 is 1.72 bits per heavy atom. The van der Waals surface area contributed by atoms with Gasteiger partial charge in [-0.3, -0.25) is 0 Å². The fourth-order valence-corrected chi connectivity index (χ4v) is 2.91. The lowest BCUT2D eigenvalue weighted by atomic mass is 10.2. The zero-order valence-electron chi connectivity index (χ0n) is 14.7. The van der Waals surface area contributed by atoms with Crippen LogP contribution in [0, 0.1) is 25.2 Å². The SMILES string of the molecule is COc1ccc(Nc2c(C#N)c(C)c(C)n2Cc2ccccc2)cc1. The predicted octanol–water partition coefficient (Wildman–Crippen LogP) is 4.78. The maximum Gasteiger partial charge on any atom is 0.129 e. The standard InChI is InChI=1S/C21H21N3O/c1-15-16(2)24(14-17-7-5-4-6-8-17)21(20(15)13-22)23-18-9-11-19(25-3)12-10-18/h4-12,23H,14H2,1-3H3. The second-order valence-electron chi connectivity index (χ2n) is 5.97. The molecule has 2 aromatic carbocycles. The largest absolute Gasteiger partial charge is 0.497 e. The fraction of sp³-hybridized carbons (Fsp3) is 0.190. The molecule has 0 saturated heterocycles. The van der Waals surface area contributed by atoms with Gasteiger partial charge in [0, 0.05) is 17.9 Å². The van der Waals surface area contributed by atoms with E-state index >= 15 is 0 Å². The van der Waals surface area contributed by atoms with E-state index in [9.17, 15) is 5.26 Å². The first-order valence-electron chi connectivity index (χ1n) is 8.19. The highest BCUT2D eigenvalue weighted by Crippen LogP contribution is 2.30. The van der Waals surface area contributed by atoms with Gasteiger partial charge in [0.15, 0.2) is 0 Å². The molecule has 0 aliphatic carbocycles. The molecule has 0 aliphatic heterocycles. The lowest BCUT2D eigenvalue weighted by molar-refractivity contribution is 0.415. The van der Waals surface area contributed by atoms with Crippen LogP contribution in [0.5, 0.6) is 5.75 Å². The molecule has 25 heavy (non-hydrogen) atoms. The maximum absolute atomic E-state index is 9.64. The number of nitriles is 1. The van der Waals surface area contributed by atoms with Crippen LogP contribution in [0.15, 0.2) is 54.6 Å². The Morgan fingerprint density at radius 1 is 1.04 bits per heavy atom. The first-order valence-corrected chi connectivity index (χ1v) is 8.19. The Balaban J connectivity index is 2.01. The van der Waals surface area contributed by atoms with Gasteiger partial charge in [-0.05, 0) is 49.2 Å². The Bertz CT molecular complexity index is 903. The molecule has 3 rings (SSSR count). The molecule has 0 spiro atoms. The van der Waals surface area contributed by atoms with E-state index in [1.165, 1.54) is 5.56 Å². The van der Waals surface area contributed by atoms with Gasteiger partial charge in [0.25, 0.3) is 0 Å². The van der Waals surface area contributed by atoms with Crippen LogP contribution in [0.4, 0.5) is 11.5 Å². The third-order valence-corrected chi connectivity index (χ3v) is 4.48. The van der Waals surface area contributed by atoms with Crippen LogP contribution in [0.25, 0.3) is 0 Å². The lowest BCUT2D eigenvalue weighted by Crippen LogP contribution is -2.07. The van der Waals surface area contributed by atoms with Crippen molar-refractivity contribution in [1.82, 2.24) is 4.57 Å². The highest BCUT2D eigenvalue weighted by atomic mass is 16.5.